The van der Waals surface area contributed by atoms with Crippen molar-refractivity contribution in [3.8, 4) is 5.75 Å². The van der Waals surface area contributed by atoms with E-state index in [0.29, 0.717) is 10.9 Å². The van der Waals surface area contributed by atoms with Gasteiger partial charge < -0.3 is 10.1 Å². The van der Waals surface area contributed by atoms with E-state index >= 15 is 0 Å². The van der Waals surface area contributed by atoms with Gasteiger partial charge in [-0.15, -0.1) is 0 Å². The highest BCUT2D eigenvalue weighted by molar-refractivity contribution is 6.31. The molecule has 1 N–H and O–H groups in total. The summed E-state index contributed by atoms with van der Waals surface area (Å²) in [5.74, 6) is 0.993. The van der Waals surface area contributed by atoms with Gasteiger partial charge in [0.15, 0.2) is 0 Å². The minimum atomic E-state index is -0.366. The van der Waals surface area contributed by atoms with Gasteiger partial charge in [-0.3, -0.25) is 9.78 Å². The van der Waals surface area contributed by atoms with Gasteiger partial charge in [0.05, 0.1) is 24.5 Å². The molecule has 1 amide bonds. The monoisotopic (exact) mass is 388 g/mol. The molecule has 4 nitrogen and oxygen atoms in total. The number of amides is 1. The van der Waals surface area contributed by atoms with Crippen molar-refractivity contribution in [1.82, 2.24) is 10.3 Å². The van der Waals surface area contributed by atoms with Crippen LogP contribution in [0.3, 0.4) is 0 Å². The molecular weight excluding hydrogens is 367 g/mol. The van der Waals surface area contributed by atoms with E-state index < -0.39 is 0 Å². The number of nitrogens with zero attached hydrogens (tertiary/aromatic N) is 1. The van der Waals surface area contributed by atoms with Gasteiger partial charge in [0.25, 0.3) is 0 Å². The maximum absolute atomic E-state index is 13.2. The largest absolute Gasteiger partial charge is 0.492 e. The summed E-state index contributed by atoms with van der Waals surface area (Å²) in [5, 5.41) is 3.39. The third-order valence-electron chi connectivity index (χ3n) is 5.23. The van der Waals surface area contributed by atoms with E-state index in [4.69, 9.17) is 16.3 Å². The van der Waals surface area contributed by atoms with Crippen molar-refractivity contribution in [2.24, 2.45) is 11.8 Å². The second-order valence-electron chi connectivity index (χ2n) is 7.52. The first-order valence-electron chi connectivity index (χ1n) is 9.35. The molecule has 1 aromatic heterocycles. The Hall–Kier alpha value is -2.14. The third-order valence-corrected chi connectivity index (χ3v) is 5.56. The number of hydrogen-bond donors (Lipinski definition) is 1. The first kappa shape index (κ1) is 18.2. The standard InChI is InChI=1S/C21H22ClFN2O2/c1-12(20-7-5-15(10-24-20)27-11-13-2-3-13)25-21(26)18-9-17(18)16-6-4-14(23)8-19(16)22/h4-8,10,12-13,17-18H,2-3,9,11H2,1H3,(H,25,26)/t12-,17-,18+/m1/s1. The Balaban J connectivity index is 1.31. The van der Waals surface area contributed by atoms with E-state index in [-0.39, 0.29) is 29.6 Å². The number of benzene rings is 1. The Bertz CT molecular complexity index is 839. The van der Waals surface area contributed by atoms with Crippen molar-refractivity contribution in [2.75, 3.05) is 6.61 Å². The molecule has 142 valence electrons. The highest BCUT2D eigenvalue weighted by Gasteiger charge is 2.45. The number of aromatic nitrogens is 1. The van der Waals surface area contributed by atoms with Crippen LogP contribution >= 0.6 is 11.6 Å². The fourth-order valence-electron chi connectivity index (χ4n) is 3.26. The predicted molar refractivity (Wildman–Crippen MR) is 101 cm³/mol. The molecule has 2 aliphatic carbocycles. The number of carbonyl (C=O) groups is 1. The lowest BCUT2D eigenvalue weighted by Gasteiger charge is -2.14. The molecule has 0 bridgehead atoms. The average molecular weight is 389 g/mol. The van der Waals surface area contributed by atoms with Crippen LogP contribution in [0, 0.1) is 17.7 Å². The number of ether oxygens (including phenoxy) is 1. The van der Waals surface area contributed by atoms with Crippen molar-refractivity contribution in [3.05, 3.63) is 58.6 Å². The molecular formula is C21H22ClFN2O2. The van der Waals surface area contributed by atoms with E-state index in [0.717, 1.165) is 30.0 Å². The SMILES string of the molecule is C[C@@H](NC(=O)[C@H]1C[C@@H]1c1ccc(F)cc1Cl)c1ccc(OCC2CC2)cn1. The molecule has 3 atom stereocenters. The lowest BCUT2D eigenvalue weighted by atomic mass is 10.1. The number of carbonyl (C=O) groups excluding carboxylic acids is 1. The van der Waals surface area contributed by atoms with Gasteiger partial charge in [-0.2, -0.15) is 0 Å². The van der Waals surface area contributed by atoms with E-state index in [1.54, 1.807) is 12.3 Å². The summed E-state index contributed by atoms with van der Waals surface area (Å²) in [4.78, 5) is 16.9. The highest BCUT2D eigenvalue weighted by atomic mass is 35.5. The van der Waals surface area contributed by atoms with Crippen LogP contribution < -0.4 is 10.1 Å². The van der Waals surface area contributed by atoms with Crippen LogP contribution in [0.4, 0.5) is 4.39 Å². The van der Waals surface area contributed by atoms with Crippen LogP contribution in [0.1, 0.15) is 49.4 Å². The van der Waals surface area contributed by atoms with Crippen molar-refractivity contribution in [3.63, 3.8) is 0 Å². The first-order valence-corrected chi connectivity index (χ1v) is 9.73. The van der Waals surface area contributed by atoms with Crippen LogP contribution in [0.25, 0.3) is 0 Å². The predicted octanol–water partition coefficient (Wildman–Crippen LogP) is 4.64. The fraction of sp³-hybridized carbons (Fsp3) is 0.429. The molecule has 6 heteroatoms. The van der Waals surface area contributed by atoms with Crippen LogP contribution in [0.5, 0.6) is 5.75 Å². The Morgan fingerprint density at radius 2 is 2.19 bits per heavy atom. The molecule has 2 aliphatic rings. The number of hydrogen-bond acceptors (Lipinski definition) is 3. The molecule has 2 fully saturated rings. The van der Waals surface area contributed by atoms with Crippen LogP contribution in [-0.2, 0) is 4.79 Å². The zero-order valence-electron chi connectivity index (χ0n) is 15.1. The summed E-state index contributed by atoms with van der Waals surface area (Å²) >= 11 is 6.11. The molecule has 0 unspecified atom stereocenters. The average Bonchev–Trinajstić information content (AvgIpc) is 3.54. The quantitative estimate of drug-likeness (QED) is 0.751. The number of rotatable bonds is 7. The third kappa shape index (κ3) is 4.41. The fourth-order valence-corrected chi connectivity index (χ4v) is 3.56. The summed E-state index contributed by atoms with van der Waals surface area (Å²) in [6.45, 7) is 2.66. The maximum Gasteiger partial charge on any atom is 0.224 e. The molecule has 0 radical (unpaired) electrons. The van der Waals surface area contributed by atoms with E-state index in [9.17, 15) is 9.18 Å². The van der Waals surface area contributed by atoms with Gasteiger partial charge in [-0.1, -0.05) is 17.7 Å². The lowest BCUT2D eigenvalue weighted by Crippen LogP contribution is -2.29. The second kappa shape index (κ2) is 7.47. The molecule has 2 aromatic rings. The van der Waals surface area contributed by atoms with Gasteiger partial charge in [-0.25, -0.2) is 4.39 Å². The number of halogens is 2. The second-order valence-corrected chi connectivity index (χ2v) is 7.93. The smallest absolute Gasteiger partial charge is 0.224 e. The summed E-state index contributed by atoms with van der Waals surface area (Å²) in [6, 6.07) is 7.93. The normalized spacial score (nSPS) is 22.2. The van der Waals surface area contributed by atoms with Crippen molar-refractivity contribution in [2.45, 2.75) is 38.1 Å². The van der Waals surface area contributed by atoms with Gasteiger partial charge in [-0.05, 0) is 67.9 Å². The summed E-state index contributed by atoms with van der Waals surface area (Å²) in [5.41, 5.74) is 1.63. The zero-order valence-corrected chi connectivity index (χ0v) is 15.9. The molecule has 27 heavy (non-hydrogen) atoms. The molecule has 0 spiro atoms. The van der Waals surface area contributed by atoms with Crippen molar-refractivity contribution < 1.29 is 13.9 Å². The zero-order chi connectivity index (χ0) is 19.0. The van der Waals surface area contributed by atoms with Crippen LogP contribution in [0.2, 0.25) is 5.02 Å². The van der Waals surface area contributed by atoms with Crippen LogP contribution in [-0.4, -0.2) is 17.5 Å². The van der Waals surface area contributed by atoms with Gasteiger partial charge >= 0.3 is 0 Å². The first-order chi connectivity index (χ1) is 13.0. The van der Waals surface area contributed by atoms with E-state index in [1.165, 1.54) is 25.0 Å². The Morgan fingerprint density at radius 1 is 1.37 bits per heavy atom. The number of pyridine rings is 1. The lowest BCUT2D eigenvalue weighted by molar-refractivity contribution is -0.123. The van der Waals surface area contributed by atoms with Gasteiger partial charge in [0.2, 0.25) is 5.91 Å². The molecule has 2 saturated carbocycles. The van der Waals surface area contributed by atoms with Crippen molar-refractivity contribution in [1.29, 1.82) is 0 Å². The van der Waals surface area contributed by atoms with Gasteiger partial charge in [0.1, 0.15) is 11.6 Å². The molecule has 0 aliphatic heterocycles. The van der Waals surface area contributed by atoms with E-state index in [2.05, 4.69) is 10.3 Å². The minimum absolute atomic E-state index is 0.0243. The summed E-state index contributed by atoms with van der Waals surface area (Å²) < 4.78 is 18.9. The Kier molecular flexibility index (Phi) is 5.04. The molecule has 1 heterocycles. The Labute approximate surface area is 163 Å². The minimum Gasteiger partial charge on any atom is -0.492 e. The molecule has 0 saturated heterocycles. The van der Waals surface area contributed by atoms with E-state index in [1.807, 2.05) is 19.1 Å². The van der Waals surface area contributed by atoms with Crippen molar-refractivity contribution >= 4 is 17.5 Å². The highest BCUT2D eigenvalue weighted by Crippen LogP contribution is 2.50. The summed E-state index contributed by atoms with van der Waals surface area (Å²) in [7, 11) is 0. The number of nitrogens with one attached hydrogen (secondary N) is 1. The van der Waals surface area contributed by atoms with Gasteiger partial charge in [0, 0.05) is 10.9 Å². The summed E-state index contributed by atoms with van der Waals surface area (Å²) in [6.07, 6.45) is 4.93. The molecule has 1 aromatic carbocycles. The molecule has 4 rings (SSSR count). The Morgan fingerprint density at radius 3 is 2.85 bits per heavy atom. The maximum atomic E-state index is 13.2. The topological polar surface area (TPSA) is 51.2 Å². The van der Waals surface area contributed by atoms with Crippen LogP contribution in [0.15, 0.2) is 36.5 Å².